The molecule has 2 aromatic carbocycles. The Morgan fingerprint density at radius 3 is 2.26 bits per heavy atom. The van der Waals surface area contributed by atoms with E-state index in [0.29, 0.717) is 12.6 Å². The van der Waals surface area contributed by atoms with Gasteiger partial charge in [-0.05, 0) is 54.3 Å². The zero-order valence-electron chi connectivity index (χ0n) is 20.0. The average Bonchev–Trinajstić information content (AvgIpc) is 3.39. The highest BCUT2D eigenvalue weighted by Crippen LogP contribution is 2.39. The van der Waals surface area contributed by atoms with E-state index < -0.39 is 54.8 Å². The van der Waals surface area contributed by atoms with Crippen LogP contribution in [0, 0.1) is 5.82 Å². The number of nitrogens with zero attached hydrogens (tertiary/aromatic N) is 2. The van der Waals surface area contributed by atoms with Crippen LogP contribution in [0.15, 0.2) is 75.1 Å². The number of sulfone groups is 1. The molecule has 3 aromatic rings. The lowest BCUT2D eigenvalue weighted by Gasteiger charge is -2.42. The normalized spacial score (nSPS) is 19.3. The van der Waals surface area contributed by atoms with Crippen LogP contribution in [0.3, 0.4) is 0 Å². The van der Waals surface area contributed by atoms with E-state index >= 15 is 0 Å². The first-order chi connectivity index (χ1) is 17.6. The van der Waals surface area contributed by atoms with Crippen LogP contribution < -0.4 is 4.90 Å². The van der Waals surface area contributed by atoms with Crippen molar-refractivity contribution in [1.29, 1.82) is 0 Å². The maximum Gasteiger partial charge on any atom is 0.421 e. The molecule has 38 heavy (non-hydrogen) atoms. The van der Waals surface area contributed by atoms with Gasteiger partial charge in [0.1, 0.15) is 10.0 Å². The van der Waals surface area contributed by atoms with Gasteiger partial charge in [-0.2, -0.15) is 17.5 Å². The molecule has 1 fully saturated rings. The summed E-state index contributed by atoms with van der Waals surface area (Å²) in [6.07, 6.45) is -4.92. The van der Waals surface area contributed by atoms with Crippen LogP contribution in [-0.2, 0) is 25.5 Å². The maximum atomic E-state index is 13.7. The molecule has 1 aliphatic rings. The van der Waals surface area contributed by atoms with Crippen molar-refractivity contribution in [1.82, 2.24) is 4.31 Å². The Kier molecular flexibility index (Phi) is 7.67. The smallest absolute Gasteiger partial charge is 0.376 e. The van der Waals surface area contributed by atoms with E-state index in [2.05, 4.69) is 0 Å². The first-order valence-corrected chi connectivity index (χ1v) is 15.3. The maximum absolute atomic E-state index is 13.7. The molecule has 1 N–H and O–H groups in total. The summed E-state index contributed by atoms with van der Waals surface area (Å²) < 4.78 is 108. The third-order valence-electron chi connectivity index (χ3n) is 6.41. The van der Waals surface area contributed by atoms with Gasteiger partial charge in [0.2, 0.25) is 0 Å². The number of aliphatic hydroxyl groups is 1. The zero-order chi connectivity index (χ0) is 27.9. The van der Waals surface area contributed by atoms with Gasteiger partial charge in [0, 0.05) is 25.3 Å². The Morgan fingerprint density at radius 2 is 1.68 bits per heavy atom. The molecule has 1 aromatic heterocycles. The minimum Gasteiger partial charge on any atom is -0.376 e. The van der Waals surface area contributed by atoms with E-state index in [4.69, 9.17) is 0 Å². The molecule has 2 unspecified atom stereocenters. The van der Waals surface area contributed by atoms with Crippen molar-refractivity contribution in [2.75, 3.05) is 30.3 Å². The quantitative estimate of drug-likeness (QED) is 0.417. The number of benzene rings is 2. The first-order valence-electron chi connectivity index (χ1n) is 11.3. The molecular weight excluding hydrogens is 568 g/mol. The van der Waals surface area contributed by atoms with E-state index in [1.807, 2.05) is 0 Å². The molecule has 1 saturated heterocycles. The minimum atomic E-state index is -4.92. The van der Waals surface area contributed by atoms with E-state index in [9.17, 15) is 39.5 Å². The number of halogens is 4. The lowest BCUT2D eigenvalue weighted by Crippen LogP contribution is -2.57. The first kappa shape index (κ1) is 28.5. The van der Waals surface area contributed by atoms with E-state index in [0.717, 1.165) is 35.6 Å². The molecule has 2 atom stereocenters. The number of hydrogen-bond donors (Lipinski definition) is 1. The second-order valence-corrected chi connectivity index (χ2v) is 14.1. The summed E-state index contributed by atoms with van der Waals surface area (Å²) in [6.45, 7) is 0.448. The zero-order valence-corrected chi connectivity index (χ0v) is 22.4. The molecule has 0 radical (unpaired) electrons. The molecule has 7 nitrogen and oxygen atoms in total. The summed E-state index contributed by atoms with van der Waals surface area (Å²) in [4.78, 5) is 1.33. The molecule has 2 heterocycles. The predicted octanol–water partition coefficient (Wildman–Crippen LogP) is 4.01. The molecule has 0 bridgehead atoms. The number of piperazine rings is 1. The van der Waals surface area contributed by atoms with Crippen molar-refractivity contribution in [3.05, 3.63) is 77.4 Å². The van der Waals surface area contributed by atoms with Crippen LogP contribution in [0.4, 0.5) is 23.2 Å². The van der Waals surface area contributed by atoms with Crippen LogP contribution in [0.5, 0.6) is 0 Å². The van der Waals surface area contributed by atoms with Crippen LogP contribution >= 0.6 is 11.3 Å². The monoisotopic (exact) mass is 592 g/mol. The third kappa shape index (κ3) is 5.59. The van der Waals surface area contributed by atoms with Crippen molar-refractivity contribution in [3.63, 3.8) is 0 Å². The molecule has 14 heteroatoms. The van der Waals surface area contributed by atoms with Gasteiger partial charge < -0.3 is 10.0 Å². The van der Waals surface area contributed by atoms with E-state index in [-0.39, 0.29) is 28.7 Å². The van der Waals surface area contributed by atoms with Crippen LogP contribution in [0.1, 0.15) is 12.5 Å². The number of alkyl halides is 3. The third-order valence-corrected chi connectivity index (χ3v) is 11.4. The highest BCUT2D eigenvalue weighted by Gasteiger charge is 2.51. The fourth-order valence-corrected chi connectivity index (χ4v) is 8.39. The molecule has 0 aliphatic carbocycles. The van der Waals surface area contributed by atoms with Gasteiger partial charge in [-0.1, -0.05) is 24.3 Å². The Morgan fingerprint density at radius 1 is 1.00 bits per heavy atom. The summed E-state index contributed by atoms with van der Waals surface area (Å²) in [5, 5.41) is 11.6. The fraction of sp³-hybridized carbons (Fsp3) is 0.333. The number of rotatable bonds is 7. The Hall–Kier alpha value is -2.52. The van der Waals surface area contributed by atoms with Gasteiger partial charge in [-0.15, -0.1) is 11.3 Å². The SMILES string of the molecule is CC(O)(c1ccc(N2CCN(S(=O)(=O)c3cccs3)CC2CS(=O)(=O)c2cccc(F)c2)cc1)C(F)(F)F. The highest BCUT2D eigenvalue weighted by atomic mass is 32.2. The molecule has 206 valence electrons. The second kappa shape index (κ2) is 10.2. The largest absolute Gasteiger partial charge is 0.421 e. The van der Waals surface area contributed by atoms with Crippen LogP contribution in [0.25, 0.3) is 0 Å². The number of hydrogen-bond acceptors (Lipinski definition) is 7. The van der Waals surface area contributed by atoms with Crippen LogP contribution in [0.2, 0.25) is 0 Å². The van der Waals surface area contributed by atoms with Crippen LogP contribution in [-0.4, -0.2) is 63.9 Å². The number of sulfonamides is 1. The predicted molar refractivity (Wildman–Crippen MR) is 135 cm³/mol. The van der Waals surface area contributed by atoms with Gasteiger partial charge in [0.15, 0.2) is 15.4 Å². The highest BCUT2D eigenvalue weighted by molar-refractivity contribution is 7.91. The number of thiophene rings is 1. The standard InChI is InChI=1S/C24H24F4N2O5S3/c1-23(31,24(26,27)28)17-7-9-19(10-8-17)30-12-11-29(38(34,35)22-6-3-13-36-22)15-20(30)16-37(32,33)21-5-2-4-18(25)14-21/h2-10,13-14,20,31H,11-12,15-16H2,1H3. The molecule has 0 saturated carbocycles. The lowest BCUT2D eigenvalue weighted by atomic mass is 9.95. The lowest BCUT2D eigenvalue weighted by molar-refractivity contribution is -0.258. The van der Waals surface area contributed by atoms with Gasteiger partial charge in [0.25, 0.3) is 10.0 Å². The summed E-state index contributed by atoms with van der Waals surface area (Å²) in [7, 11) is -8.00. The average molecular weight is 593 g/mol. The van der Waals surface area contributed by atoms with Crippen molar-refractivity contribution in [2.24, 2.45) is 0 Å². The summed E-state index contributed by atoms with van der Waals surface area (Å²) in [6, 6.07) is 11.4. The van der Waals surface area contributed by atoms with Crippen molar-refractivity contribution in [3.8, 4) is 0 Å². The molecule has 0 spiro atoms. The van der Waals surface area contributed by atoms with E-state index in [1.165, 1.54) is 34.6 Å². The summed E-state index contributed by atoms with van der Waals surface area (Å²) in [5.41, 5.74) is -3.16. The van der Waals surface area contributed by atoms with Gasteiger partial charge in [-0.25, -0.2) is 21.2 Å². The second-order valence-electron chi connectivity index (χ2n) is 9.00. The van der Waals surface area contributed by atoms with E-state index in [1.54, 1.807) is 16.3 Å². The van der Waals surface area contributed by atoms with Gasteiger partial charge in [0.05, 0.1) is 16.7 Å². The van der Waals surface area contributed by atoms with Crippen molar-refractivity contribution < 1.29 is 39.5 Å². The van der Waals surface area contributed by atoms with Crippen molar-refractivity contribution in [2.45, 2.75) is 33.8 Å². The fourth-order valence-electron chi connectivity index (χ4n) is 4.22. The molecular formula is C24H24F4N2O5S3. The summed E-state index contributed by atoms with van der Waals surface area (Å²) in [5.74, 6) is -1.32. The molecule has 4 rings (SSSR count). The van der Waals surface area contributed by atoms with Gasteiger partial charge >= 0.3 is 6.18 Å². The summed E-state index contributed by atoms with van der Waals surface area (Å²) >= 11 is 1.02. The van der Waals surface area contributed by atoms with Crippen molar-refractivity contribution >= 4 is 36.9 Å². The van der Waals surface area contributed by atoms with Gasteiger partial charge in [-0.3, -0.25) is 0 Å². The molecule has 1 aliphatic heterocycles. The minimum absolute atomic E-state index is 0.00123. The Bertz CT molecular complexity index is 1490. The topological polar surface area (TPSA) is 95.0 Å². The Balaban J connectivity index is 1.68. The number of anilines is 1. The Labute approximate surface area is 221 Å². The molecule has 0 amide bonds.